The van der Waals surface area contributed by atoms with Gasteiger partial charge in [-0.1, -0.05) is 84.9 Å². The second-order valence-corrected chi connectivity index (χ2v) is 17.1. The van der Waals surface area contributed by atoms with Gasteiger partial charge in [-0.05, 0) is 43.7 Å². The van der Waals surface area contributed by atoms with Crippen LogP contribution >= 0.6 is 0 Å². The summed E-state index contributed by atoms with van der Waals surface area (Å²) in [7, 11) is 3.24. The van der Waals surface area contributed by atoms with Crippen molar-refractivity contribution in [2.45, 2.75) is 117 Å². The molecule has 2 rings (SSSR count). The monoisotopic (exact) mass is 853 g/mol. The van der Waals surface area contributed by atoms with Crippen molar-refractivity contribution in [3.8, 4) is 0 Å². The lowest BCUT2D eigenvalue weighted by atomic mass is 9.76. The smallest absolute Gasteiger partial charge is 0.326 e. The van der Waals surface area contributed by atoms with Gasteiger partial charge in [0.05, 0.1) is 12.1 Å². The van der Waals surface area contributed by atoms with Gasteiger partial charge in [0.1, 0.15) is 18.1 Å². The molecule has 18 nitrogen and oxygen atoms in total. The van der Waals surface area contributed by atoms with Crippen LogP contribution in [0.25, 0.3) is 0 Å². The van der Waals surface area contributed by atoms with Gasteiger partial charge in [0.15, 0.2) is 0 Å². The van der Waals surface area contributed by atoms with Gasteiger partial charge in [0, 0.05) is 56.1 Å². The Kier molecular flexibility index (Phi) is 19.0. The van der Waals surface area contributed by atoms with Crippen LogP contribution in [0.3, 0.4) is 0 Å². The number of imide groups is 1. The van der Waals surface area contributed by atoms with Gasteiger partial charge in [0.2, 0.25) is 29.5 Å². The van der Waals surface area contributed by atoms with E-state index < -0.39 is 101 Å². The van der Waals surface area contributed by atoms with E-state index >= 15 is 0 Å². The molecule has 336 valence electrons. The van der Waals surface area contributed by atoms with Crippen molar-refractivity contribution in [1.82, 2.24) is 36.4 Å². The number of likely N-dealkylation sites (N-methyl/N-ethyl adjacent to an activating group) is 2. The summed E-state index contributed by atoms with van der Waals surface area (Å²) in [5, 5.41) is 32.1. The number of rotatable bonds is 23. The molecule has 0 fully saturated rings. The molecule has 1 aromatic rings. The number of amides is 7. The molecular weight excluding hydrogens is 791 g/mol. The van der Waals surface area contributed by atoms with Crippen LogP contribution in [0.4, 0.5) is 0 Å². The highest BCUT2D eigenvalue weighted by Gasteiger charge is 2.42. The van der Waals surface area contributed by atoms with E-state index in [1.54, 1.807) is 20.2 Å². The Bertz CT molecular complexity index is 1840. The maximum absolute atomic E-state index is 14.4. The van der Waals surface area contributed by atoms with E-state index in [2.05, 4.69) is 26.6 Å². The number of carboxylic acids is 2. The topological polar surface area (TPSA) is 261 Å². The first kappa shape index (κ1) is 51.2. The van der Waals surface area contributed by atoms with Crippen molar-refractivity contribution in [2.75, 3.05) is 27.2 Å². The van der Waals surface area contributed by atoms with Crippen LogP contribution in [0, 0.1) is 11.3 Å². The zero-order valence-corrected chi connectivity index (χ0v) is 36.8. The van der Waals surface area contributed by atoms with Crippen LogP contribution in [0.15, 0.2) is 54.1 Å². The fourth-order valence-electron chi connectivity index (χ4n) is 6.82. The second kappa shape index (κ2) is 22.6. The van der Waals surface area contributed by atoms with Gasteiger partial charge in [0.25, 0.3) is 11.8 Å². The Morgan fingerprint density at radius 1 is 0.803 bits per heavy atom. The van der Waals surface area contributed by atoms with Crippen molar-refractivity contribution < 1.29 is 53.4 Å². The number of carboxylic acid groups (broad SMARTS) is 2. The molecule has 1 aliphatic heterocycles. The molecule has 5 atom stereocenters. The van der Waals surface area contributed by atoms with Crippen LogP contribution in [0.1, 0.15) is 86.6 Å². The molecule has 0 bridgehead atoms. The summed E-state index contributed by atoms with van der Waals surface area (Å²) in [5.41, 5.74) is -0.416. The molecule has 7 N–H and O–H groups in total. The molecule has 0 radical (unpaired) electrons. The third-order valence-corrected chi connectivity index (χ3v) is 10.5. The first-order valence-electron chi connectivity index (χ1n) is 20.2. The maximum atomic E-state index is 14.4. The highest BCUT2D eigenvalue weighted by atomic mass is 16.4. The average molecular weight is 854 g/mol. The summed E-state index contributed by atoms with van der Waals surface area (Å²) in [5.74, 6) is -7.28. The molecule has 1 unspecified atom stereocenters. The fourth-order valence-corrected chi connectivity index (χ4v) is 6.82. The molecule has 0 aromatic heterocycles. The van der Waals surface area contributed by atoms with Gasteiger partial charge in [-0.3, -0.25) is 43.3 Å². The standard InChI is InChI=1S/C43H63N7O11/c1-25(2)30(49(10)40(59)36(42(4,5)6)48-39(58)35(44-9)43(7,8)27-14-12-11-13-15-27)24-26(3)37(56)46-28(38(57)47-29(41(60)61)17-21-34(54)55)16-18-31(51)45-22-23-50-32(52)19-20-33(50)53/h11-15,19-20,24-25,28-30,35-36,44H,16-18,21-23H2,1-10H3,(H,45,51)(H,46,56)(H,47,57)(H,48,58)(H,54,55)(H,60,61)/b26-24+/t28-,29-,30-,35-,36?/m1/s1. The van der Waals surface area contributed by atoms with Gasteiger partial charge >= 0.3 is 11.9 Å². The average Bonchev–Trinajstić information content (AvgIpc) is 3.50. The molecule has 0 aliphatic carbocycles. The third-order valence-electron chi connectivity index (χ3n) is 10.5. The van der Waals surface area contributed by atoms with E-state index in [9.17, 15) is 48.3 Å². The number of aliphatic carboxylic acids is 2. The van der Waals surface area contributed by atoms with Crippen LogP contribution in [0.5, 0.6) is 0 Å². The largest absolute Gasteiger partial charge is 0.481 e. The first-order valence-corrected chi connectivity index (χ1v) is 20.2. The van der Waals surface area contributed by atoms with E-state index in [1.165, 1.54) is 11.8 Å². The van der Waals surface area contributed by atoms with E-state index in [-0.39, 0.29) is 43.3 Å². The lowest BCUT2D eigenvalue weighted by Crippen LogP contribution is -2.61. The molecule has 0 saturated carbocycles. The molecule has 1 aromatic carbocycles. The summed E-state index contributed by atoms with van der Waals surface area (Å²) < 4.78 is 0. The van der Waals surface area contributed by atoms with Gasteiger partial charge < -0.3 is 41.7 Å². The van der Waals surface area contributed by atoms with Crippen molar-refractivity contribution in [1.29, 1.82) is 0 Å². The summed E-state index contributed by atoms with van der Waals surface area (Å²) in [6.45, 7) is 14.3. The van der Waals surface area contributed by atoms with Crippen LogP contribution in [0.2, 0.25) is 0 Å². The lowest BCUT2D eigenvalue weighted by molar-refractivity contribution is -0.143. The van der Waals surface area contributed by atoms with Crippen molar-refractivity contribution >= 4 is 53.3 Å². The Morgan fingerprint density at radius 2 is 1.38 bits per heavy atom. The van der Waals surface area contributed by atoms with Crippen molar-refractivity contribution in [3.63, 3.8) is 0 Å². The minimum Gasteiger partial charge on any atom is -0.481 e. The lowest BCUT2D eigenvalue weighted by Gasteiger charge is -2.40. The van der Waals surface area contributed by atoms with Crippen molar-refractivity contribution in [3.05, 3.63) is 59.7 Å². The molecule has 1 aliphatic rings. The highest BCUT2D eigenvalue weighted by molar-refractivity contribution is 6.12. The predicted octanol–water partition coefficient (Wildman–Crippen LogP) is 1.25. The minimum absolute atomic E-state index is 0.0750. The number of benzene rings is 1. The molecular formula is C43H63N7O11. The van der Waals surface area contributed by atoms with Crippen molar-refractivity contribution in [2.24, 2.45) is 11.3 Å². The normalized spacial score (nSPS) is 15.7. The summed E-state index contributed by atoms with van der Waals surface area (Å²) in [4.78, 5) is 117. The molecule has 1 heterocycles. The second-order valence-electron chi connectivity index (χ2n) is 17.1. The molecule has 7 amide bonds. The third kappa shape index (κ3) is 14.9. The van der Waals surface area contributed by atoms with Crippen LogP contribution < -0.4 is 26.6 Å². The number of hydrogen-bond acceptors (Lipinski definition) is 10. The molecule has 0 spiro atoms. The fraction of sp³-hybridized carbons (Fsp3) is 0.558. The van der Waals surface area contributed by atoms with Gasteiger partial charge in [-0.25, -0.2) is 4.79 Å². The van der Waals surface area contributed by atoms with Gasteiger partial charge in [-0.15, -0.1) is 0 Å². The van der Waals surface area contributed by atoms with E-state index in [1.807, 2.05) is 78.8 Å². The number of carbonyl (C=O) groups excluding carboxylic acids is 7. The molecule has 0 saturated heterocycles. The quantitative estimate of drug-likeness (QED) is 0.0607. The zero-order chi connectivity index (χ0) is 46.4. The zero-order valence-electron chi connectivity index (χ0n) is 36.8. The maximum Gasteiger partial charge on any atom is 0.326 e. The van der Waals surface area contributed by atoms with E-state index in [4.69, 9.17) is 5.11 Å². The number of carbonyl (C=O) groups is 9. The molecule has 18 heteroatoms. The summed E-state index contributed by atoms with van der Waals surface area (Å²) >= 11 is 0. The van der Waals surface area contributed by atoms with Crippen LogP contribution in [-0.2, 0) is 48.6 Å². The summed E-state index contributed by atoms with van der Waals surface area (Å²) in [6.07, 6.45) is 2.05. The SMILES string of the molecule is CN[C@H](C(=O)NC(C(=O)N(C)[C@H](/C=C(\C)C(=O)N[C@H](CCC(=O)NCCN1C(=O)C=CC1=O)C(=O)N[C@H](CCC(=O)O)C(=O)O)C(C)C)C(C)(C)C)C(C)(C)c1ccccc1. The Labute approximate surface area is 357 Å². The highest BCUT2D eigenvalue weighted by Crippen LogP contribution is 2.29. The summed E-state index contributed by atoms with van der Waals surface area (Å²) in [6, 6.07) is 4.03. The van der Waals surface area contributed by atoms with Crippen LogP contribution in [-0.4, -0.2) is 131 Å². The molecule has 61 heavy (non-hydrogen) atoms. The predicted molar refractivity (Wildman–Crippen MR) is 225 cm³/mol. The minimum atomic E-state index is -1.62. The Balaban J connectivity index is 2.33. The Morgan fingerprint density at radius 3 is 1.89 bits per heavy atom. The van der Waals surface area contributed by atoms with E-state index in [0.717, 1.165) is 22.6 Å². The first-order chi connectivity index (χ1) is 28.3. The number of hydrogen-bond donors (Lipinski definition) is 7. The number of nitrogens with zero attached hydrogens (tertiary/aromatic N) is 2. The van der Waals surface area contributed by atoms with E-state index in [0.29, 0.717) is 0 Å². The Hall–Kier alpha value is -5.91. The number of nitrogens with one attached hydrogen (secondary N) is 5. The van der Waals surface area contributed by atoms with Gasteiger partial charge in [-0.2, -0.15) is 0 Å².